The van der Waals surface area contributed by atoms with Gasteiger partial charge >= 0.3 is 0 Å². The minimum Gasteiger partial charge on any atom is -0.321 e. The Morgan fingerprint density at radius 3 is 2.46 bits per heavy atom. The lowest BCUT2D eigenvalue weighted by Gasteiger charge is -2.08. The lowest BCUT2D eigenvalue weighted by molar-refractivity contribution is 0.618. The Morgan fingerprint density at radius 2 is 2.00 bits per heavy atom. The van der Waals surface area contributed by atoms with Crippen LogP contribution in [-0.4, -0.2) is 0 Å². The number of halogens is 3. The van der Waals surface area contributed by atoms with E-state index < -0.39 is 0 Å². The quantitative estimate of drug-likeness (QED) is 0.776. The maximum atomic E-state index is 12.9. The highest BCUT2D eigenvalue weighted by Crippen LogP contribution is 2.43. The van der Waals surface area contributed by atoms with Gasteiger partial charge in [-0.05, 0) is 30.5 Å². The summed E-state index contributed by atoms with van der Waals surface area (Å²) in [5.74, 6) is -0.383. The molecule has 1 nitrogen and oxygen atoms in total. The molecular weight excluding hydrogens is 212 g/mol. The molecule has 1 aromatic rings. The van der Waals surface area contributed by atoms with Crippen LogP contribution >= 0.6 is 24.0 Å². The summed E-state index contributed by atoms with van der Waals surface area (Å²) in [6, 6.07) is 4.77. The standard InChI is InChI=1S/C9H9ClFN.ClH/c10-7-2-1-6(5-8(7)11)9(12)3-4-9;/h1-2,5H,3-4,12H2;1H. The Morgan fingerprint density at radius 1 is 1.38 bits per heavy atom. The SMILES string of the molecule is Cl.NC1(c2ccc(Cl)c(F)c2)CC1. The normalized spacial score (nSPS) is 17.8. The molecule has 13 heavy (non-hydrogen) atoms. The molecule has 2 rings (SSSR count). The second-order valence-corrected chi connectivity index (χ2v) is 3.69. The zero-order valence-corrected chi connectivity index (χ0v) is 8.46. The number of nitrogens with two attached hydrogens (primary N) is 1. The van der Waals surface area contributed by atoms with Gasteiger partial charge < -0.3 is 5.73 Å². The molecule has 0 saturated heterocycles. The van der Waals surface area contributed by atoms with Gasteiger partial charge in [-0.1, -0.05) is 17.7 Å². The van der Waals surface area contributed by atoms with Gasteiger partial charge in [0.2, 0.25) is 0 Å². The third kappa shape index (κ3) is 1.96. The predicted octanol–water partition coefficient (Wildman–Crippen LogP) is 2.85. The van der Waals surface area contributed by atoms with E-state index in [9.17, 15) is 4.39 Å². The number of hydrogen-bond donors (Lipinski definition) is 1. The average Bonchev–Trinajstić information content (AvgIpc) is 2.75. The lowest BCUT2D eigenvalue weighted by Crippen LogP contribution is -2.18. The molecule has 0 aliphatic heterocycles. The van der Waals surface area contributed by atoms with Crippen LogP contribution in [0.1, 0.15) is 18.4 Å². The van der Waals surface area contributed by atoms with Crippen LogP contribution in [-0.2, 0) is 5.54 Å². The molecule has 0 radical (unpaired) electrons. The van der Waals surface area contributed by atoms with Crippen molar-refractivity contribution < 1.29 is 4.39 Å². The van der Waals surface area contributed by atoms with Crippen molar-refractivity contribution in [1.82, 2.24) is 0 Å². The molecule has 0 atom stereocenters. The maximum Gasteiger partial charge on any atom is 0.142 e. The fourth-order valence-corrected chi connectivity index (χ4v) is 1.35. The Hall–Kier alpha value is -0.310. The van der Waals surface area contributed by atoms with E-state index in [1.807, 2.05) is 0 Å². The van der Waals surface area contributed by atoms with E-state index in [1.54, 1.807) is 12.1 Å². The van der Waals surface area contributed by atoms with Crippen molar-refractivity contribution in [2.24, 2.45) is 5.73 Å². The van der Waals surface area contributed by atoms with Gasteiger partial charge in [0.25, 0.3) is 0 Å². The van der Waals surface area contributed by atoms with Gasteiger partial charge in [-0.2, -0.15) is 0 Å². The van der Waals surface area contributed by atoms with Crippen LogP contribution in [0, 0.1) is 5.82 Å². The number of hydrogen-bond acceptors (Lipinski definition) is 1. The molecule has 2 N–H and O–H groups in total. The van der Waals surface area contributed by atoms with E-state index in [4.69, 9.17) is 17.3 Å². The third-order valence-electron chi connectivity index (χ3n) is 2.28. The minimum atomic E-state index is -0.383. The Balaban J connectivity index is 0.000000845. The van der Waals surface area contributed by atoms with E-state index in [2.05, 4.69) is 0 Å². The topological polar surface area (TPSA) is 26.0 Å². The first kappa shape index (κ1) is 10.8. The van der Waals surface area contributed by atoms with Crippen molar-refractivity contribution >= 4 is 24.0 Å². The molecule has 0 heterocycles. The lowest BCUT2D eigenvalue weighted by atomic mass is 10.1. The summed E-state index contributed by atoms with van der Waals surface area (Å²) < 4.78 is 12.9. The zero-order valence-electron chi connectivity index (χ0n) is 6.89. The van der Waals surface area contributed by atoms with E-state index in [-0.39, 0.29) is 28.8 Å². The van der Waals surface area contributed by atoms with Crippen molar-refractivity contribution in [1.29, 1.82) is 0 Å². The highest BCUT2D eigenvalue weighted by molar-refractivity contribution is 6.30. The summed E-state index contributed by atoms with van der Waals surface area (Å²) in [7, 11) is 0. The first-order valence-electron chi connectivity index (χ1n) is 3.86. The molecule has 72 valence electrons. The smallest absolute Gasteiger partial charge is 0.142 e. The average molecular weight is 222 g/mol. The highest BCUT2D eigenvalue weighted by atomic mass is 35.5. The first-order valence-corrected chi connectivity index (χ1v) is 4.24. The summed E-state index contributed by atoms with van der Waals surface area (Å²) in [5.41, 5.74) is 6.46. The third-order valence-corrected chi connectivity index (χ3v) is 2.59. The number of benzene rings is 1. The fraction of sp³-hybridized carbons (Fsp3) is 0.333. The summed E-state index contributed by atoms with van der Waals surface area (Å²) in [6.07, 6.45) is 1.88. The predicted molar refractivity (Wildman–Crippen MR) is 53.8 cm³/mol. The van der Waals surface area contributed by atoms with Crippen molar-refractivity contribution in [3.63, 3.8) is 0 Å². The summed E-state index contributed by atoms with van der Waals surface area (Å²) in [4.78, 5) is 0. The van der Waals surface area contributed by atoms with Gasteiger partial charge in [0.05, 0.1) is 5.02 Å². The van der Waals surface area contributed by atoms with Crippen LogP contribution in [0.3, 0.4) is 0 Å². The van der Waals surface area contributed by atoms with E-state index in [1.165, 1.54) is 6.07 Å². The molecule has 1 aliphatic carbocycles. The second-order valence-electron chi connectivity index (χ2n) is 3.29. The van der Waals surface area contributed by atoms with Crippen LogP contribution in [0.2, 0.25) is 5.02 Å². The summed E-state index contributed by atoms with van der Waals surface area (Å²) in [5, 5.41) is 0.156. The van der Waals surface area contributed by atoms with Gasteiger partial charge in [-0.15, -0.1) is 12.4 Å². The van der Waals surface area contributed by atoms with Gasteiger partial charge in [-0.3, -0.25) is 0 Å². The molecule has 0 aromatic heterocycles. The van der Waals surface area contributed by atoms with Crippen molar-refractivity contribution in [2.75, 3.05) is 0 Å². The van der Waals surface area contributed by atoms with Crippen LogP contribution in [0.5, 0.6) is 0 Å². The molecule has 0 bridgehead atoms. The fourth-order valence-electron chi connectivity index (χ4n) is 1.23. The van der Waals surface area contributed by atoms with E-state index in [0.29, 0.717) is 0 Å². The first-order chi connectivity index (χ1) is 5.62. The number of rotatable bonds is 1. The molecule has 4 heteroatoms. The molecule has 1 aliphatic rings. The van der Waals surface area contributed by atoms with Gasteiger partial charge in [-0.25, -0.2) is 4.39 Å². The van der Waals surface area contributed by atoms with Gasteiger partial charge in [0, 0.05) is 5.54 Å². The Bertz CT molecular complexity index is 323. The summed E-state index contributed by atoms with van der Waals surface area (Å²) >= 11 is 5.54. The Labute approximate surface area is 87.5 Å². The minimum absolute atomic E-state index is 0. The largest absolute Gasteiger partial charge is 0.321 e. The van der Waals surface area contributed by atoms with Gasteiger partial charge in [0.15, 0.2) is 0 Å². The van der Waals surface area contributed by atoms with Gasteiger partial charge in [0.1, 0.15) is 5.82 Å². The van der Waals surface area contributed by atoms with Crippen molar-refractivity contribution in [3.05, 3.63) is 34.6 Å². The molecule has 1 fully saturated rings. The highest BCUT2D eigenvalue weighted by Gasteiger charge is 2.40. The molecule has 0 unspecified atom stereocenters. The van der Waals surface area contributed by atoms with Crippen LogP contribution in [0.15, 0.2) is 18.2 Å². The van der Waals surface area contributed by atoms with Crippen molar-refractivity contribution in [2.45, 2.75) is 18.4 Å². The molecule has 0 amide bonds. The Kier molecular flexibility index (Phi) is 2.85. The molecule has 0 spiro atoms. The summed E-state index contributed by atoms with van der Waals surface area (Å²) in [6.45, 7) is 0. The zero-order chi connectivity index (χ0) is 8.77. The van der Waals surface area contributed by atoms with E-state index >= 15 is 0 Å². The maximum absolute atomic E-state index is 12.9. The van der Waals surface area contributed by atoms with E-state index in [0.717, 1.165) is 18.4 Å². The van der Waals surface area contributed by atoms with Crippen LogP contribution in [0.25, 0.3) is 0 Å². The van der Waals surface area contributed by atoms with Crippen LogP contribution < -0.4 is 5.73 Å². The second kappa shape index (κ2) is 3.45. The molecule has 1 aromatic carbocycles. The van der Waals surface area contributed by atoms with Crippen molar-refractivity contribution in [3.8, 4) is 0 Å². The monoisotopic (exact) mass is 221 g/mol. The van der Waals surface area contributed by atoms with Crippen LogP contribution in [0.4, 0.5) is 4.39 Å². The molecule has 1 saturated carbocycles. The molecular formula is C9H10Cl2FN.